The van der Waals surface area contributed by atoms with Crippen molar-refractivity contribution in [3.05, 3.63) is 35.6 Å². The van der Waals surface area contributed by atoms with E-state index in [9.17, 15) is 22.7 Å². The molecule has 2 aromatic rings. The summed E-state index contributed by atoms with van der Waals surface area (Å²) in [4.78, 5) is 0. The Hall–Kier alpha value is -1.60. The molecule has 3 nitrogen and oxygen atoms in total. The molecule has 0 fully saturated rings. The highest BCUT2D eigenvalue weighted by Crippen LogP contribution is 2.27. The highest BCUT2D eigenvalue weighted by molar-refractivity contribution is 5.80. The molecule has 0 aliphatic carbocycles. The molecule has 1 atom stereocenters. The van der Waals surface area contributed by atoms with Crippen LogP contribution in [-0.2, 0) is 4.74 Å². The second-order valence-corrected chi connectivity index (χ2v) is 4.73. The van der Waals surface area contributed by atoms with Crippen LogP contribution < -0.4 is 0 Å². The molecule has 1 N–H and O–H groups in total. The van der Waals surface area contributed by atoms with Crippen molar-refractivity contribution in [1.82, 2.24) is 0 Å². The second-order valence-electron chi connectivity index (χ2n) is 4.73. The maximum atomic E-state index is 12.6. The number of fused-ring (bicyclic) bond motifs is 1. The summed E-state index contributed by atoms with van der Waals surface area (Å²) >= 11 is 0. The van der Waals surface area contributed by atoms with Crippen LogP contribution in [0.5, 0.6) is 0 Å². The molecule has 0 bridgehead atoms. The van der Waals surface area contributed by atoms with Crippen molar-refractivity contribution >= 4 is 11.0 Å². The molecule has 0 amide bonds. The Morgan fingerprint density at radius 2 is 2.05 bits per heavy atom. The minimum Gasteiger partial charge on any atom is -0.458 e. The lowest BCUT2D eigenvalue weighted by Gasteiger charge is -2.16. The molecule has 2 rings (SSSR count). The van der Waals surface area contributed by atoms with Gasteiger partial charge in [0.15, 0.2) is 0 Å². The highest BCUT2D eigenvalue weighted by Gasteiger charge is 2.41. The van der Waals surface area contributed by atoms with E-state index in [1.165, 1.54) is 0 Å². The Balaban J connectivity index is 1.99. The van der Waals surface area contributed by atoms with Crippen LogP contribution in [0, 0.1) is 6.92 Å². The van der Waals surface area contributed by atoms with E-state index in [2.05, 4.69) is 4.74 Å². The zero-order valence-electron chi connectivity index (χ0n) is 11.2. The van der Waals surface area contributed by atoms with Gasteiger partial charge in [-0.15, -0.1) is 0 Å². The first-order valence-electron chi connectivity index (χ1n) is 6.22. The minimum atomic E-state index is -4.23. The van der Waals surface area contributed by atoms with E-state index in [0.29, 0.717) is 5.58 Å². The summed E-state index contributed by atoms with van der Waals surface area (Å²) in [6, 6.07) is 6.96. The largest absolute Gasteiger partial charge is 0.458 e. The monoisotopic (exact) mass is 306 g/mol. The molecule has 0 saturated heterocycles. The molecule has 21 heavy (non-hydrogen) atoms. The number of halogens is 4. The Bertz CT molecular complexity index is 609. The number of rotatable bonds is 6. The van der Waals surface area contributed by atoms with Gasteiger partial charge in [0.05, 0.1) is 6.61 Å². The molecular weight excluding hydrogens is 292 g/mol. The molecule has 0 radical (unpaired) electrons. The van der Waals surface area contributed by atoms with Crippen molar-refractivity contribution in [2.45, 2.75) is 25.4 Å². The Morgan fingerprint density at radius 1 is 1.33 bits per heavy atom. The third-order valence-electron chi connectivity index (χ3n) is 2.98. The van der Waals surface area contributed by atoms with Gasteiger partial charge in [-0.3, -0.25) is 0 Å². The Labute approximate surface area is 118 Å². The van der Waals surface area contributed by atoms with Gasteiger partial charge in [0, 0.05) is 5.39 Å². The van der Waals surface area contributed by atoms with Gasteiger partial charge in [-0.25, -0.2) is 8.78 Å². The fraction of sp³-hybridized carbons (Fsp3) is 0.429. The average Bonchev–Trinajstić information content (AvgIpc) is 2.83. The van der Waals surface area contributed by atoms with Crippen LogP contribution in [0.3, 0.4) is 0 Å². The van der Waals surface area contributed by atoms with E-state index in [0.717, 1.165) is 10.9 Å². The lowest BCUT2D eigenvalue weighted by molar-refractivity contribution is -0.171. The van der Waals surface area contributed by atoms with Gasteiger partial charge in [0.25, 0.3) is 0 Å². The number of aliphatic hydroxyl groups excluding tert-OH is 1. The number of hydrogen-bond acceptors (Lipinski definition) is 3. The van der Waals surface area contributed by atoms with Gasteiger partial charge in [-0.1, -0.05) is 18.2 Å². The van der Waals surface area contributed by atoms with E-state index in [1.807, 2.05) is 19.1 Å². The first-order valence-corrected chi connectivity index (χ1v) is 6.22. The molecule has 1 aromatic heterocycles. The van der Waals surface area contributed by atoms with Gasteiger partial charge in [0.1, 0.15) is 24.1 Å². The van der Waals surface area contributed by atoms with Crippen LogP contribution in [0.2, 0.25) is 0 Å². The van der Waals surface area contributed by atoms with Gasteiger partial charge in [-0.2, -0.15) is 8.78 Å². The maximum Gasteiger partial charge on any atom is 0.330 e. The molecule has 1 aromatic carbocycles. The first-order chi connectivity index (χ1) is 9.81. The molecule has 116 valence electrons. The van der Waals surface area contributed by atoms with Crippen LogP contribution in [0.15, 0.2) is 28.7 Å². The summed E-state index contributed by atoms with van der Waals surface area (Å²) in [5.41, 5.74) is 1.43. The first kappa shape index (κ1) is 15.8. The van der Waals surface area contributed by atoms with Crippen molar-refractivity contribution in [3.8, 4) is 0 Å². The fourth-order valence-corrected chi connectivity index (χ4v) is 1.84. The molecule has 0 spiro atoms. The average molecular weight is 306 g/mol. The van der Waals surface area contributed by atoms with Gasteiger partial charge >= 0.3 is 12.3 Å². The van der Waals surface area contributed by atoms with Crippen LogP contribution in [-0.4, -0.2) is 30.7 Å². The maximum absolute atomic E-state index is 12.6. The number of alkyl halides is 4. The van der Waals surface area contributed by atoms with Crippen molar-refractivity contribution in [2.75, 3.05) is 13.2 Å². The highest BCUT2D eigenvalue weighted by atomic mass is 19.3. The SMILES string of the molecule is Cc1cccc2cc(C(O)COCC(F)(F)C(F)F)oc12. The third kappa shape index (κ3) is 3.54. The van der Waals surface area contributed by atoms with Gasteiger partial charge in [-0.05, 0) is 18.6 Å². The number of para-hydroxylation sites is 1. The summed E-state index contributed by atoms with van der Waals surface area (Å²) in [6.45, 7) is -0.191. The van der Waals surface area contributed by atoms with Crippen molar-refractivity contribution in [2.24, 2.45) is 0 Å². The van der Waals surface area contributed by atoms with Gasteiger partial charge < -0.3 is 14.3 Å². The number of aliphatic hydroxyl groups is 1. The Kier molecular flexibility index (Phi) is 4.53. The number of hydrogen-bond donors (Lipinski definition) is 1. The van der Waals surface area contributed by atoms with E-state index in [-0.39, 0.29) is 5.76 Å². The van der Waals surface area contributed by atoms with Crippen LogP contribution in [0.1, 0.15) is 17.4 Å². The molecule has 7 heteroatoms. The lowest BCUT2D eigenvalue weighted by atomic mass is 10.2. The van der Waals surface area contributed by atoms with E-state index < -0.39 is 31.7 Å². The quantitative estimate of drug-likeness (QED) is 0.828. The molecular formula is C14H14F4O3. The topological polar surface area (TPSA) is 42.6 Å². The smallest absolute Gasteiger partial charge is 0.330 e. The van der Waals surface area contributed by atoms with Crippen LogP contribution in [0.4, 0.5) is 17.6 Å². The predicted molar refractivity (Wildman–Crippen MR) is 67.7 cm³/mol. The van der Waals surface area contributed by atoms with Crippen molar-refractivity contribution < 1.29 is 31.8 Å². The van der Waals surface area contributed by atoms with E-state index in [4.69, 9.17) is 4.42 Å². The molecule has 1 heterocycles. The van der Waals surface area contributed by atoms with Crippen LogP contribution >= 0.6 is 0 Å². The van der Waals surface area contributed by atoms with Crippen LogP contribution in [0.25, 0.3) is 11.0 Å². The van der Waals surface area contributed by atoms with Gasteiger partial charge in [0.2, 0.25) is 0 Å². The number of benzene rings is 1. The standard InChI is InChI=1S/C14H14F4O3/c1-8-3-2-4-9-5-11(21-12(8)9)10(19)6-20-7-14(17,18)13(15)16/h2-5,10,13,19H,6-7H2,1H3. The summed E-state index contributed by atoms with van der Waals surface area (Å²) in [6.07, 6.45) is -5.10. The molecule has 0 aliphatic rings. The summed E-state index contributed by atoms with van der Waals surface area (Å²) in [5, 5.41) is 10.5. The van der Waals surface area contributed by atoms with Crippen molar-refractivity contribution in [3.63, 3.8) is 0 Å². The minimum absolute atomic E-state index is 0.139. The zero-order chi connectivity index (χ0) is 15.6. The Morgan fingerprint density at radius 3 is 2.67 bits per heavy atom. The third-order valence-corrected chi connectivity index (χ3v) is 2.98. The fourth-order valence-electron chi connectivity index (χ4n) is 1.84. The summed E-state index contributed by atoms with van der Waals surface area (Å²) < 4.78 is 59.0. The van der Waals surface area contributed by atoms with E-state index in [1.54, 1.807) is 12.1 Å². The summed E-state index contributed by atoms with van der Waals surface area (Å²) in [5.74, 6) is -4.09. The zero-order valence-corrected chi connectivity index (χ0v) is 11.2. The van der Waals surface area contributed by atoms with Crippen molar-refractivity contribution in [1.29, 1.82) is 0 Å². The normalized spacial score (nSPS) is 14.0. The summed E-state index contributed by atoms with van der Waals surface area (Å²) in [7, 11) is 0. The number of furan rings is 1. The lowest BCUT2D eigenvalue weighted by Crippen LogP contribution is -2.33. The molecule has 0 aliphatic heterocycles. The second kappa shape index (κ2) is 6.03. The van der Waals surface area contributed by atoms with E-state index >= 15 is 0 Å². The number of aryl methyl sites for hydroxylation is 1. The predicted octanol–water partition coefficient (Wildman–Crippen LogP) is 3.69. The number of ether oxygens (including phenoxy) is 1. The molecule has 1 unspecified atom stereocenters. The molecule has 0 saturated carbocycles.